The molecule has 1 aliphatic heterocycles. The van der Waals surface area contributed by atoms with E-state index in [0.29, 0.717) is 18.4 Å². The molecule has 0 bridgehead atoms. The molecule has 0 unspecified atom stereocenters. The summed E-state index contributed by atoms with van der Waals surface area (Å²) < 4.78 is 31.9. The highest BCUT2D eigenvalue weighted by Gasteiger charge is 2.39. The predicted molar refractivity (Wildman–Crippen MR) is 77.3 cm³/mol. The first kappa shape index (κ1) is 16.7. The Kier molecular flexibility index (Phi) is 4.70. The number of aliphatic hydroxyl groups is 1. The number of hydrogen-bond donors (Lipinski definition) is 1. The van der Waals surface area contributed by atoms with Gasteiger partial charge in [0.2, 0.25) is 0 Å². The van der Waals surface area contributed by atoms with Crippen LogP contribution in [0.1, 0.15) is 45.2 Å². The van der Waals surface area contributed by atoms with Crippen LogP contribution < -0.4 is 0 Å². The summed E-state index contributed by atoms with van der Waals surface area (Å²) in [5.74, 6) is -1.88. The maximum atomic E-state index is 13.5. The Bertz CT molecular complexity index is 557. The van der Waals surface area contributed by atoms with Gasteiger partial charge in [0.05, 0.1) is 18.7 Å². The quantitative estimate of drug-likeness (QED) is 0.910. The lowest BCUT2D eigenvalue weighted by Gasteiger charge is -2.32. The molecule has 0 radical (unpaired) electrons. The van der Waals surface area contributed by atoms with E-state index in [2.05, 4.69) is 0 Å². The van der Waals surface area contributed by atoms with Crippen molar-refractivity contribution < 1.29 is 23.4 Å². The van der Waals surface area contributed by atoms with Crippen molar-refractivity contribution in [3.05, 3.63) is 35.4 Å². The van der Waals surface area contributed by atoms with Gasteiger partial charge in [-0.3, -0.25) is 4.90 Å². The van der Waals surface area contributed by atoms with Gasteiger partial charge in [-0.05, 0) is 51.3 Å². The van der Waals surface area contributed by atoms with Crippen LogP contribution >= 0.6 is 0 Å². The first-order valence-electron chi connectivity index (χ1n) is 7.30. The monoisotopic (exact) mass is 313 g/mol. The van der Waals surface area contributed by atoms with Crippen LogP contribution in [0, 0.1) is 11.6 Å². The Hall–Kier alpha value is -1.69. The number of halogens is 2. The van der Waals surface area contributed by atoms with Gasteiger partial charge in [-0.2, -0.15) is 0 Å². The summed E-state index contributed by atoms with van der Waals surface area (Å²) in [4.78, 5) is 13.8. The molecule has 1 aromatic rings. The SMILES string of the molecule is CC(C)(C)OC(=O)N1[C@@H](CO)CC[C@H]1c1ccc(F)c(F)c1. The van der Waals surface area contributed by atoms with Crippen molar-refractivity contribution >= 4 is 6.09 Å². The molecule has 122 valence electrons. The summed E-state index contributed by atoms with van der Waals surface area (Å²) in [6, 6.07) is 2.79. The molecular formula is C16H21F2NO3. The number of likely N-dealkylation sites (tertiary alicyclic amines) is 1. The van der Waals surface area contributed by atoms with Gasteiger partial charge in [-0.1, -0.05) is 6.07 Å². The van der Waals surface area contributed by atoms with E-state index in [4.69, 9.17) is 4.74 Å². The fourth-order valence-electron chi connectivity index (χ4n) is 2.70. The van der Waals surface area contributed by atoms with E-state index >= 15 is 0 Å². The van der Waals surface area contributed by atoms with Gasteiger partial charge in [-0.15, -0.1) is 0 Å². The molecule has 1 saturated heterocycles. The van der Waals surface area contributed by atoms with Crippen molar-refractivity contribution in [2.24, 2.45) is 0 Å². The molecule has 0 aliphatic carbocycles. The molecule has 22 heavy (non-hydrogen) atoms. The van der Waals surface area contributed by atoms with Gasteiger partial charge in [0, 0.05) is 0 Å². The number of aliphatic hydroxyl groups excluding tert-OH is 1. The highest BCUT2D eigenvalue weighted by molar-refractivity contribution is 5.70. The van der Waals surface area contributed by atoms with E-state index in [1.54, 1.807) is 20.8 Å². The maximum Gasteiger partial charge on any atom is 0.411 e. The standard InChI is InChI=1S/C16H21F2NO3/c1-16(2,3)22-15(21)19-11(9-20)5-7-14(19)10-4-6-12(17)13(18)8-10/h4,6,8,11,14,20H,5,7,9H2,1-3H3/t11-,14+/m1/s1. The smallest absolute Gasteiger partial charge is 0.411 e. The topological polar surface area (TPSA) is 49.8 Å². The molecule has 0 saturated carbocycles. The highest BCUT2D eigenvalue weighted by atomic mass is 19.2. The summed E-state index contributed by atoms with van der Waals surface area (Å²) in [6.45, 7) is 5.06. The summed E-state index contributed by atoms with van der Waals surface area (Å²) in [5.41, 5.74) is -0.168. The molecule has 0 spiro atoms. The minimum Gasteiger partial charge on any atom is -0.444 e. The number of nitrogens with zero attached hydrogens (tertiary/aromatic N) is 1. The number of hydrogen-bond acceptors (Lipinski definition) is 3. The number of benzene rings is 1. The Morgan fingerprint density at radius 3 is 2.55 bits per heavy atom. The van der Waals surface area contributed by atoms with Crippen molar-refractivity contribution in [2.75, 3.05) is 6.61 Å². The van der Waals surface area contributed by atoms with Crippen molar-refractivity contribution in [3.8, 4) is 0 Å². The lowest BCUT2D eigenvalue weighted by atomic mass is 10.0. The van der Waals surface area contributed by atoms with E-state index in [1.807, 2.05) is 0 Å². The van der Waals surface area contributed by atoms with Crippen molar-refractivity contribution in [3.63, 3.8) is 0 Å². The van der Waals surface area contributed by atoms with Crippen molar-refractivity contribution in [2.45, 2.75) is 51.3 Å². The fraction of sp³-hybridized carbons (Fsp3) is 0.562. The molecule has 4 nitrogen and oxygen atoms in total. The summed E-state index contributed by atoms with van der Waals surface area (Å²) in [7, 11) is 0. The normalized spacial score (nSPS) is 22.0. The van der Waals surface area contributed by atoms with Gasteiger partial charge in [0.1, 0.15) is 5.60 Å². The Balaban J connectivity index is 2.29. The second-order valence-corrected chi connectivity index (χ2v) is 6.49. The van der Waals surface area contributed by atoms with Crippen molar-refractivity contribution in [1.29, 1.82) is 0 Å². The molecule has 2 atom stereocenters. The summed E-state index contributed by atoms with van der Waals surface area (Å²) >= 11 is 0. The van der Waals surface area contributed by atoms with Crippen LogP contribution in [0.3, 0.4) is 0 Å². The van der Waals surface area contributed by atoms with Gasteiger partial charge in [0.15, 0.2) is 11.6 Å². The molecule has 2 rings (SSSR count). The summed E-state index contributed by atoms with van der Waals surface area (Å²) in [6.07, 6.45) is 0.591. The molecule has 1 fully saturated rings. The van der Waals surface area contributed by atoms with Gasteiger partial charge >= 0.3 is 6.09 Å². The molecule has 1 aromatic carbocycles. The molecule has 1 heterocycles. The number of carbonyl (C=O) groups is 1. The maximum absolute atomic E-state index is 13.5. The second kappa shape index (κ2) is 6.20. The van der Waals surface area contributed by atoms with E-state index in [-0.39, 0.29) is 12.6 Å². The van der Waals surface area contributed by atoms with Crippen LogP contribution in [-0.2, 0) is 4.74 Å². The van der Waals surface area contributed by atoms with Gasteiger partial charge < -0.3 is 9.84 Å². The molecule has 6 heteroatoms. The largest absolute Gasteiger partial charge is 0.444 e. The number of amides is 1. The second-order valence-electron chi connectivity index (χ2n) is 6.49. The van der Waals surface area contributed by atoms with Crippen LogP contribution in [0.15, 0.2) is 18.2 Å². The van der Waals surface area contributed by atoms with Crippen LogP contribution in [0.4, 0.5) is 13.6 Å². The zero-order valence-electron chi connectivity index (χ0n) is 13.0. The molecule has 0 aromatic heterocycles. The third kappa shape index (κ3) is 3.55. The third-order valence-electron chi connectivity index (χ3n) is 3.65. The zero-order valence-corrected chi connectivity index (χ0v) is 13.0. The third-order valence-corrected chi connectivity index (χ3v) is 3.65. The first-order chi connectivity index (χ1) is 10.2. The van der Waals surface area contributed by atoms with Crippen LogP contribution in [0.2, 0.25) is 0 Å². The van der Waals surface area contributed by atoms with E-state index in [0.717, 1.165) is 12.1 Å². The lowest BCUT2D eigenvalue weighted by molar-refractivity contribution is 0.00865. The van der Waals surface area contributed by atoms with E-state index in [1.165, 1.54) is 11.0 Å². The van der Waals surface area contributed by atoms with Crippen molar-refractivity contribution in [1.82, 2.24) is 4.90 Å². The average molecular weight is 313 g/mol. The first-order valence-corrected chi connectivity index (χ1v) is 7.30. The van der Waals surface area contributed by atoms with Crippen LogP contribution in [0.25, 0.3) is 0 Å². The minimum atomic E-state index is -0.950. The molecule has 1 N–H and O–H groups in total. The number of carbonyl (C=O) groups excluding carboxylic acids is 1. The van der Waals surface area contributed by atoms with E-state index in [9.17, 15) is 18.7 Å². The minimum absolute atomic E-state index is 0.195. The predicted octanol–water partition coefficient (Wildman–Crippen LogP) is 3.40. The average Bonchev–Trinajstić information content (AvgIpc) is 2.84. The highest BCUT2D eigenvalue weighted by Crippen LogP contribution is 2.37. The van der Waals surface area contributed by atoms with Crippen LogP contribution in [0.5, 0.6) is 0 Å². The van der Waals surface area contributed by atoms with Gasteiger partial charge in [-0.25, -0.2) is 13.6 Å². The molecule has 1 amide bonds. The molecular weight excluding hydrogens is 292 g/mol. The Labute approximate surface area is 128 Å². The lowest BCUT2D eigenvalue weighted by Crippen LogP contribution is -2.42. The van der Waals surface area contributed by atoms with E-state index < -0.39 is 29.4 Å². The molecule has 1 aliphatic rings. The fourth-order valence-corrected chi connectivity index (χ4v) is 2.70. The van der Waals surface area contributed by atoms with Crippen LogP contribution in [-0.4, -0.2) is 34.3 Å². The Morgan fingerprint density at radius 2 is 2.00 bits per heavy atom. The number of ether oxygens (including phenoxy) is 1. The van der Waals surface area contributed by atoms with Gasteiger partial charge in [0.25, 0.3) is 0 Å². The Morgan fingerprint density at radius 1 is 1.32 bits per heavy atom. The number of rotatable bonds is 2. The zero-order chi connectivity index (χ0) is 16.5. The summed E-state index contributed by atoms with van der Waals surface area (Å²) in [5, 5.41) is 9.46.